The second-order valence-electron chi connectivity index (χ2n) is 4.25. The molecule has 0 fully saturated rings. The fourth-order valence-electron chi connectivity index (χ4n) is 1.88. The van der Waals surface area contributed by atoms with Crippen LogP contribution in [0.4, 0.5) is 11.5 Å². The van der Waals surface area contributed by atoms with E-state index < -0.39 is 0 Å². The van der Waals surface area contributed by atoms with Crippen LogP contribution in [0.3, 0.4) is 0 Å². The summed E-state index contributed by atoms with van der Waals surface area (Å²) < 4.78 is 1.78. The molecule has 0 bridgehead atoms. The first-order valence-electron chi connectivity index (χ1n) is 5.70. The maximum atomic E-state index is 5.98. The van der Waals surface area contributed by atoms with Crippen LogP contribution in [-0.4, -0.2) is 9.78 Å². The van der Waals surface area contributed by atoms with Crippen LogP contribution >= 0.6 is 0 Å². The molecule has 1 heterocycles. The second kappa shape index (κ2) is 4.49. The lowest BCUT2D eigenvalue weighted by Crippen LogP contribution is -2.11. The lowest BCUT2D eigenvalue weighted by Gasteiger charge is -2.16. The minimum absolute atomic E-state index is 0.202. The zero-order valence-corrected chi connectivity index (χ0v) is 10.4. The van der Waals surface area contributed by atoms with Gasteiger partial charge in [-0.3, -0.25) is 4.68 Å². The van der Waals surface area contributed by atoms with Crippen LogP contribution in [0, 0.1) is 6.92 Å². The first-order valence-corrected chi connectivity index (χ1v) is 5.70. The molecule has 0 amide bonds. The number of aromatic nitrogens is 2. The van der Waals surface area contributed by atoms with E-state index in [2.05, 4.69) is 29.5 Å². The quantitative estimate of drug-likeness (QED) is 0.851. The molecule has 0 saturated heterocycles. The van der Waals surface area contributed by atoms with E-state index in [0.29, 0.717) is 0 Å². The van der Waals surface area contributed by atoms with Crippen molar-refractivity contribution in [2.75, 3.05) is 11.1 Å². The van der Waals surface area contributed by atoms with Gasteiger partial charge in [-0.25, -0.2) is 0 Å². The smallest absolute Gasteiger partial charge is 0.148 e. The summed E-state index contributed by atoms with van der Waals surface area (Å²) in [6, 6.07) is 10.5. The standard InChI is InChI=1S/C13H18N4/c1-9(11-7-5-4-6-8-11)15-13-12(14)10(2)16-17(13)3/h4-9,15H,14H2,1-3H3. The summed E-state index contributed by atoms with van der Waals surface area (Å²) in [6.45, 7) is 4.02. The van der Waals surface area contributed by atoms with Gasteiger partial charge in [0.05, 0.1) is 17.4 Å². The van der Waals surface area contributed by atoms with Crippen molar-refractivity contribution in [1.29, 1.82) is 0 Å². The zero-order chi connectivity index (χ0) is 12.4. The van der Waals surface area contributed by atoms with Crippen molar-refractivity contribution in [1.82, 2.24) is 9.78 Å². The normalized spacial score (nSPS) is 12.4. The Morgan fingerprint density at radius 2 is 1.94 bits per heavy atom. The maximum Gasteiger partial charge on any atom is 0.148 e. The van der Waals surface area contributed by atoms with E-state index in [9.17, 15) is 0 Å². The molecular formula is C13H18N4. The van der Waals surface area contributed by atoms with E-state index in [0.717, 1.165) is 17.2 Å². The second-order valence-corrected chi connectivity index (χ2v) is 4.25. The van der Waals surface area contributed by atoms with E-state index in [-0.39, 0.29) is 6.04 Å². The third kappa shape index (κ3) is 2.25. The molecule has 17 heavy (non-hydrogen) atoms. The minimum Gasteiger partial charge on any atom is -0.394 e. The number of nitrogens with one attached hydrogen (secondary N) is 1. The third-order valence-corrected chi connectivity index (χ3v) is 2.92. The highest BCUT2D eigenvalue weighted by molar-refractivity contribution is 5.65. The van der Waals surface area contributed by atoms with Gasteiger partial charge in [0.2, 0.25) is 0 Å². The summed E-state index contributed by atoms with van der Waals surface area (Å²) in [5, 5.41) is 7.68. The van der Waals surface area contributed by atoms with Crippen LogP contribution in [0.25, 0.3) is 0 Å². The largest absolute Gasteiger partial charge is 0.394 e. The number of aryl methyl sites for hydroxylation is 2. The van der Waals surface area contributed by atoms with Crippen LogP contribution in [-0.2, 0) is 7.05 Å². The molecule has 4 heteroatoms. The Hall–Kier alpha value is -1.97. The molecule has 1 aromatic carbocycles. The average Bonchev–Trinajstić information content (AvgIpc) is 2.57. The van der Waals surface area contributed by atoms with E-state index >= 15 is 0 Å². The number of nitrogens with zero attached hydrogens (tertiary/aromatic N) is 2. The van der Waals surface area contributed by atoms with E-state index in [1.165, 1.54) is 5.56 Å². The Morgan fingerprint density at radius 1 is 1.29 bits per heavy atom. The highest BCUT2D eigenvalue weighted by Crippen LogP contribution is 2.25. The fraction of sp³-hybridized carbons (Fsp3) is 0.308. The van der Waals surface area contributed by atoms with Crippen molar-refractivity contribution < 1.29 is 0 Å². The molecule has 3 N–H and O–H groups in total. The monoisotopic (exact) mass is 230 g/mol. The predicted molar refractivity (Wildman–Crippen MR) is 70.8 cm³/mol. The van der Waals surface area contributed by atoms with Crippen LogP contribution < -0.4 is 11.1 Å². The Balaban J connectivity index is 2.22. The van der Waals surface area contributed by atoms with Crippen LogP contribution in [0.5, 0.6) is 0 Å². The number of rotatable bonds is 3. The van der Waals surface area contributed by atoms with Crippen molar-refractivity contribution in [2.45, 2.75) is 19.9 Å². The van der Waals surface area contributed by atoms with E-state index in [4.69, 9.17) is 5.73 Å². The number of nitrogens with two attached hydrogens (primary N) is 1. The Labute approximate surface area is 101 Å². The molecule has 0 aliphatic heterocycles. The molecule has 1 unspecified atom stereocenters. The molecule has 2 rings (SSSR count). The number of hydrogen-bond acceptors (Lipinski definition) is 3. The van der Waals surface area contributed by atoms with Gasteiger partial charge in [0, 0.05) is 7.05 Å². The van der Waals surface area contributed by atoms with Gasteiger partial charge in [0.15, 0.2) is 0 Å². The molecule has 4 nitrogen and oxygen atoms in total. The highest BCUT2D eigenvalue weighted by Gasteiger charge is 2.13. The Morgan fingerprint density at radius 3 is 2.47 bits per heavy atom. The van der Waals surface area contributed by atoms with Gasteiger partial charge in [-0.15, -0.1) is 0 Å². The average molecular weight is 230 g/mol. The number of nitrogen functional groups attached to an aromatic ring is 1. The van der Waals surface area contributed by atoms with Crippen LogP contribution in [0.1, 0.15) is 24.2 Å². The molecular weight excluding hydrogens is 212 g/mol. The van der Waals surface area contributed by atoms with Crippen molar-refractivity contribution in [3.05, 3.63) is 41.6 Å². The molecule has 90 valence electrons. The van der Waals surface area contributed by atoms with Crippen molar-refractivity contribution in [3.63, 3.8) is 0 Å². The molecule has 1 atom stereocenters. The van der Waals surface area contributed by atoms with Gasteiger partial charge in [0.25, 0.3) is 0 Å². The lowest BCUT2D eigenvalue weighted by molar-refractivity contribution is 0.742. The topological polar surface area (TPSA) is 55.9 Å². The lowest BCUT2D eigenvalue weighted by atomic mass is 10.1. The Kier molecular flexibility index (Phi) is 3.04. The molecule has 0 aliphatic rings. The Bertz CT molecular complexity index is 502. The molecule has 0 radical (unpaired) electrons. The predicted octanol–water partition coefficient (Wildman–Crippen LogP) is 2.48. The zero-order valence-electron chi connectivity index (χ0n) is 10.4. The van der Waals surface area contributed by atoms with Crippen LogP contribution in [0.15, 0.2) is 30.3 Å². The molecule has 1 aromatic heterocycles. The summed E-state index contributed by atoms with van der Waals surface area (Å²) in [4.78, 5) is 0. The van der Waals surface area contributed by atoms with E-state index in [1.807, 2.05) is 32.2 Å². The minimum atomic E-state index is 0.202. The van der Waals surface area contributed by atoms with Crippen LogP contribution in [0.2, 0.25) is 0 Å². The summed E-state index contributed by atoms with van der Waals surface area (Å²) >= 11 is 0. The van der Waals surface area contributed by atoms with Crippen molar-refractivity contribution in [3.8, 4) is 0 Å². The maximum absolute atomic E-state index is 5.98. The summed E-state index contributed by atoms with van der Waals surface area (Å²) in [5.74, 6) is 0.874. The molecule has 0 aliphatic carbocycles. The van der Waals surface area contributed by atoms with Crippen molar-refractivity contribution >= 4 is 11.5 Å². The summed E-state index contributed by atoms with van der Waals surface area (Å²) in [7, 11) is 1.89. The summed E-state index contributed by atoms with van der Waals surface area (Å²) in [5.41, 5.74) is 8.79. The van der Waals surface area contributed by atoms with Gasteiger partial charge in [-0.05, 0) is 19.4 Å². The number of benzene rings is 1. The first-order chi connectivity index (χ1) is 8.09. The first kappa shape index (κ1) is 11.5. The molecule has 0 spiro atoms. The van der Waals surface area contributed by atoms with Gasteiger partial charge in [-0.1, -0.05) is 30.3 Å². The number of anilines is 2. The molecule has 0 saturated carbocycles. The highest BCUT2D eigenvalue weighted by atomic mass is 15.3. The molecule has 2 aromatic rings. The SMILES string of the molecule is Cc1nn(C)c(NC(C)c2ccccc2)c1N. The third-order valence-electron chi connectivity index (χ3n) is 2.92. The fourth-order valence-corrected chi connectivity index (χ4v) is 1.88. The van der Waals surface area contributed by atoms with E-state index in [1.54, 1.807) is 4.68 Å². The van der Waals surface area contributed by atoms with Gasteiger partial charge >= 0.3 is 0 Å². The van der Waals surface area contributed by atoms with Gasteiger partial charge in [0.1, 0.15) is 5.82 Å². The van der Waals surface area contributed by atoms with Crippen molar-refractivity contribution in [2.24, 2.45) is 7.05 Å². The number of hydrogen-bond donors (Lipinski definition) is 2. The summed E-state index contributed by atoms with van der Waals surface area (Å²) in [6.07, 6.45) is 0. The van der Waals surface area contributed by atoms with Gasteiger partial charge < -0.3 is 11.1 Å². The van der Waals surface area contributed by atoms with Gasteiger partial charge in [-0.2, -0.15) is 5.10 Å².